The Kier molecular flexibility index (Phi) is 7.49. The first-order valence-electron chi connectivity index (χ1n) is 8.59. The van der Waals surface area contributed by atoms with E-state index in [9.17, 15) is 18.8 Å². The number of amides is 2. The van der Waals surface area contributed by atoms with E-state index in [1.54, 1.807) is 42.5 Å². The van der Waals surface area contributed by atoms with E-state index in [-0.39, 0.29) is 37.0 Å². The highest BCUT2D eigenvalue weighted by Gasteiger charge is 2.08. The van der Waals surface area contributed by atoms with Gasteiger partial charge in [-0.1, -0.05) is 18.2 Å². The predicted molar refractivity (Wildman–Crippen MR) is 98.7 cm³/mol. The molecule has 7 heteroatoms. The Morgan fingerprint density at radius 3 is 2.26 bits per heavy atom. The number of nitrogens with one attached hydrogen (secondary N) is 2. The molecule has 0 aliphatic heterocycles. The van der Waals surface area contributed by atoms with Crippen LogP contribution in [-0.2, 0) is 16.1 Å². The number of carboxylic acids is 1. The molecule has 0 aliphatic rings. The summed E-state index contributed by atoms with van der Waals surface area (Å²) in [5, 5.41) is 13.9. The molecular formula is C20H21FN2O4. The highest BCUT2D eigenvalue weighted by atomic mass is 19.1. The van der Waals surface area contributed by atoms with Gasteiger partial charge in [-0.05, 0) is 43.2 Å². The second kappa shape index (κ2) is 10.1. The van der Waals surface area contributed by atoms with E-state index in [2.05, 4.69) is 10.6 Å². The number of hydrogen-bond acceptors (Lipinski definition) is 3. The number of rotatable bonds is 9. The summed E-state index contributed by atoms with van der Waals surface area (Å²) >= 11 is 0. The minimum Gasteiger partial charge on any atom is -0.481 e. The van der Waals surface area contributed by atoms with Crippen molar-refractivity contribution in [3.8, 4) is 0 Å². The zero-order valence-electron chi connectivity index (χ0n) is 14.7. The summed E-state index contributed by atoms with van der Waals surface area (Å²) in [4.78, 5) is 34.3. The number of carbonyl (C=O) groups excluding carboxylic acids is 2. The van der Waals surface area contributed by atoms with E-state index in [1.807, 2.05) is 0 Å². The second-order valence-corrected chi connectivity index (χ2v) is 6.00. The summed E-state index contributed by atoms with van der Waals surface area (Å²) in [5.74, 6) is -1.81. The molecule has 2 rings (SSSR count). The van der Waals surface area contributed by atoms with Crippen molar-refractivity contribution in [2.45, 2.75) is 32.2 Å². The SMILES string of the molecule is O=C(O)CCCCC(=O)Nc1ccc(C(=O)NCc2ccccc2F)cc1. The summed E-state index contributed by atoms with van der Waals surface area (Å²) in [6, 6.07) is 12.6. The Hall–Kier alpha value is -3.22. The maximum Gasteiger partial charge on any atom is 0.303 e. The molecule has 0 aliphatic carbocycles. The van der Waals surface area contributed by atoms with Crippen LogP contribution in [-0.4, -0.2) is 22.9 Å². The molecule has 0 aromatic heterocycles. The van der Waals surface area contributed by atoms with Crippen molar-refractivity contribution in [3.63, 3.8) is 0 Å². The molecule has 0 heterocycles. The van der Waals surface area contributed by atoms with Crippen LogP contribution in [0, 0.1) is 5.82 Å². The standard InChI is InChI=1S/C20H21FN2O4/c21-17-6-2-1-5-15(17)13-22-20(27)14-9-11-16(12-10-14)23-18(24)7-3-4-8-19(25)26/h1-2,5-6,9-12H,3-4,7-8,13H2,(H,22,27)(H,23,24)(H,25,26). The van der Waals surface area contributed by atoms with Gasteiger partial charge in [0, 0.05) is 36.2 Å². The van der Waals surface area contributed by atoms with E-state index in [4.69, 9.17) is 5.11 Å². The van der Waals surface area contributed by atoms with Crippen LogP contribution in [0.2, 0.25) is 0 Å². The average Bonchev–Trinajstić information content (AvgIpc) is 2.65. The number of halogens is 1. The van der Waals surface area contributed by atoms with Crippen LogP contribution in [0.15, 0.2) is 48.5 Å². The lowest BCUT2D eigenvalue weighted by Crippen LogP contribution is -2.23. The molecule has 0 unspecified atom stereocenters. The number of aliphatic carboxylic acids is 1. The van der Waals surface area contributed by atoms with Gasteiger partial charge in [0.05, 0.1) is 0 Å². The minimum absolute atomic E-state index is 0.0456. The second-order valence-electron chi connectivity index (χ2n) is 6.00. The summed E-state index contributed by atoms with van der Waals surface area (Å²) in [6.45, 7) is 0.0837. The highest BCUT2D eigenvalue weighted by molar-refractivity contribution is 5.95. The van der Waals surface area contributed by atoms with Crippen LogP contribution < -0.4 is 10.6 Å². The molecule has 3 N–H and O–H groups in total. The van der Waals surface area contributed by atoms with Crippen LogP contribution in [0.5, 0.6) is 0 Å². The number of anilines is 1. The Labute approximate surface area is 156 Å². The predicted octanol–water partition coefficient (Wildman–Crippen LogP) is 3.34. The van der Waals surface area contributed by atoms with Gasteiger partial charge in [0.1, 0.15) is 5.82 Å². The number of hydrogen-bond donors (Lipinski definition) is 3. The van der Waals surface area contributed by atoms with E-state index in [1.165, 1.54) is 6.07 Å². The van der Waals surface area contributed by atoms with E-state index < -0.39 is 5.97 Å². The monoisotopic (exact) mass is 372 g/mol. The molecule has 0 atom stereocenters. The van der Waals surface area contributed by atoms with Crippen LogP contribution in [0.1, 0.15) is 41.6 Å². The molecular weight excluding hydrogens is 351 g/mol. The van der Waals surface area contributed by atoms with Gasteiger partial charge in [0.15, 0.2) is 0 Å². The maximum atomic E-state index is 13.5. The molecule has 0 saturated carbocycles. The third kappa shape index (κ3) is 6.89. The fourth-order valence-electron chi connectivity index (χ4n) is 2.41. The molecule has 2 aromatic carbocycles. The quantitative estimate of drug-likeness (QED) is 0.588. The van der Waals surface area contributed by atoms with Crippen molar-refractivity contribution in [3.05, 3.63) is 65.5 Å². The molecule has 2 aromatic rings. The highest BCUT2D eigenvalue weighted by Crippen LogP contribution is 2.12. The number of benzene rings is 2. The van der Waals surface area contributed by atoms with Crippen molar-refractivity contribution >= 4 is 23.5 Å². The Bertz CT molecular complexity index is 806. The van der Waals surface area contributed by atoms with Crippen LogP contribution in [0.3, 0.4) is 0 Å². The average molecular weight is 372 g/mol. The van der Waals surface area contributed by atoms with Crippen molar-refractivity contribution in [1.82, 2.24) is 5.32 Å². The number of unbranched alkanes of at least 4 members (excludes halogenated alkanes) is 1. The van der Waals surface area contributed by atoms with Gasteiger partial charge < -0.3 is 15.7 Å². The summed E-state index contributed by atoms with van der Waals surface area (Å²) in [7, 11) is 0. The van der Waals surface area contributed by atoms with Gasteiger partial charge in [-0.3, -0.25) is 14.4 Å². The lowest BCUT2D eigenvalue weighted by molar-refractivity contribution is -0.137. The van der Waals surface area contributed by atoms with E-state index in [0.717, 1.165) is 0 Å². The lowest BCUT2D eigenvalue weighted by atomic mass is 10.1. The maximum absolute atomic E-state index is 13.5. The smallest absolute Gasteiger partial charge is 0.303 e. The number of carbonyl (C=O) groups is 3. The molecule has 0 radical (unpaired) electrons. The van der Waals surface area contributed by atoms with Crippen LogP contribution in [0.4, 0.5) is 10.1 Å². The third-order valence-corrected chi connectivity index (χ3v) is 3.87. The van der Waals surface area contributed by atoms with Gasteiger partial charge in [0.2, 0.25) is 5.91 Å². The fraction of sp³-hybridized carbons (Fsp3) is 0.250. The van der Waals surface area contributed by atoms with Crippen molar-refractivity contribution < 1.29 is 23.9 Å². The van der Waals surface area contributed by atoms with Gasteiger partial charge in [-0.25, -0.2) is 4.39 Å². The summed E-state index contributed by atoms with van der Waals surface area (Å²) < 4.78 is 13.5. The normalized spacial score (nSPS) is 10.3. The molecule has 0 spiro atoms. The largest absolute Gasteiger partial charge is 0.481 e. The minimum atomic E-state index is -0.876. The molecule has 2 amide bonds. The Balaban J connectivity index is 1.80. The molecule has 0 saturated heterocycles. The first-order chi connectivity index (χ1) is 13.0. The number of carboxylic acid groups (broad SMARTS) is 1. The fourth-order valence-corrected chi connectivity index (χ4v) is 2.41. The zero-order valence-corrected chi connectivity index (χ0v) is 14.7. The first kappa shape index (κ1) is 20.1. The van der Waals surface area contributed by atoms with E-state index >= 15 is 0 Å². The molecule has 142 valence electrons. The Morgan fingerprint density at radius 2 is 1.59 bits per heavy atom. The van der Waals surface area contributed by atoms with Crippen molar-refractivity contribution in [2.75, 3.05) is 5.32 Å². The van der Waals surface area contributed by atoms with Gasteiger partial charge in [-0.2, -0.15) is 0 Å². The van der Waals surface area contributed by atoms with Crippen LogP contribution >= 0.6 is 0 Å². The van der Waals surface area contributed by atoms with Gasteiger partial charge in [0.25, 0.3) is 5.91 Å². The lowest BCUT2D eigenvalue weighted by Gasteiger charge is -2.08. The Morgan fingerprint density at radius 1 is 0.926 bits per heavy atom. The molecule has 27 heavy (non-hydrogen) atoms. The summed E-state index contributed by atoms with van der Waals surface area (Å²) in [6.07, 6.45) is 1.22. The van der Waals surface area contributed by atoms with Crippen LogP contribution in [0.25, 0.3) is 0 Å². The molecule has 0 fully saturated rings. The first-order valence-corrected chi connectivity index (χ1v) is 8.59. The molecule has 0 bridgehead atoms. The topological polar surface area (TPSA) is 95.5 Å². The zero-order chi connectivity index (χ0) is 19.6. The van der Waals surface area contributed by atoms with Gasteiger partial charge in [-0.15, -0.1) is 0 Å². The van der Waals surface area contributed by atoms with Crippen molar-refractivity contribution in [1.29, 1.82) is 0 Å². The van der Waals surface area contributed by atoms with Crippen molar-refractivity contribution in [2.24, 2.45) is 0 Å². The summed E-state index contributed by atoms with van der Waals surface area (Å²) in [5.41, 5.74) is 1.34. The van der Waals surface area contributed by atoms with Gasteiger partial charge >= 0.3 is 5.97 Å². The van der Waals surface area contributed by atoms with E-state index in [0.29, 0.717) is 29.7 Å². The molecule has 6 nitrogen and oxygen atoms in total. The third-order valence-electron chi connectivity index (χ3n) is 3.87.